The van der Waals surface area contributed by atoms with Gasteiger partial charge in [0.2, 0.25) is 5.91 Å². The lowest BCUT2D eigenvalue weighted by atomic mass is 10.1. The Labute approximate surface area is 254 Å². The molecule has 2 aromatic heterocycles. The van der Waals surface area contributed by atoms with Crippen LogP contribution in [0.3, 0.4) is 0 Å². The fourth-order valence-corrected chi connectivity index (χ4v) is 5.61. The van der Waals surface area contributed by atoms with E-state index in [0.717, 1.165) is 60.4 Å². The molecule has 0 bridgehead atoms. The number of hydrogen-bond donors (Lipinski definition) is 1. The van der Waals surface area contributed by atoms with E-state index in [9.17, 15) is 4.79 Å². The van der Waals surface area contributed by atoms with Gasteiger partial charge in [-0.05, 0) is 45.0 Å². The second-order valence-corrected chi connectivity index (χ2v) is 11.9. The first kappa shape index (κ1) is 30.3. The monoisotopic (exact) mass is 582 g/mol. The lowest BCUT2D eigenvalue weighted by molar-refractivity contribution is -0.111. The van der Waals surface area contributed by atoms with Crippen molar-refractivity contribution in [3.63, 3.8) is 0 Å². The number of hydrogen-bond acceptors (Lipinski definition) is 7. The number of para-hydroxylation sites is 1. The van der Waals surface area contributed by atoms with Crippen LogP contribution in [-0.2, 0) is 18.3 Å². The van der Waals surface area contributed by atoms with Gasteiger partial charge < -0.3 is 19.4 Å². The summed E-state index contributed by atoms with van der Waals surface area (Å²) in [6.07, 6.45) is 5.54. The van der Waals surface area contributed by atoms with Gasteiger partial charge in [-0.3, -0.25) is 14.6 Å². The minimum atomic E-state index is -0.312. The lowest BCUT2D eigenvalue weighted by Crippen LogP contribution is -2.53. The molecule has 43 heavy (non-hydrogen) atoms. The Morgan fingerprint density at radius 1 is 1.09 bits per heavy atom. The molecule has 226 valence electrons. The zero-order chi connectivity index (χ0) is 30.6. The molecule has 1 saturated heterocycles. The normalized spacial score (nSPS) is 14.5. The first-order valence-corrected chi connectivity index (χ1v) is 14.8. The molecular formula is C34H42N6O3. The predicted octanol–water partition coefficient (Wildman–Crippen LogP) is 5.15. The van der Waals surface area contributed by atoms with Gasteiger partial charge in [-0.15, -0.1) is 0 Å². The van der Waals surface area contributed by atoms with Crippen LogP contribution in [0.5, 0.6) is 11.5 Å². The molecule has 5 rings (SSSR count). The van der Waals surface area contributed by atoms with Crippen LogP contribution in [0.4, 0.5) is 5.69 Å². The fourth-order valence-electron chi connectivity index (χ4n) is 5.61. The predicted molar refractivity (Wildman–Crippen MR) is 172 cm³/mol. The Bertz CT molecular complexity index is 1600. The number of rotatable bonds is 10. The van der Waals surface area contributed by atoms with Crippen molar-refractivity contribution in [3.05, 3.63) is 78.9 Å². The smallest absolute Gasteiger partial charge is 0.247 e. The third-order valence-corrected chi connectivity index (χ3v) is 8.04. The van der Waals surface area contributed by atoms with Crippen LogP contribution in [0.25, 0.3) is 22.2 Å². The quantitative estimate of drug-likeness (QED) is 0.259. The Kier molecular flexibility index (Phi) is 9.13. The molecule has 9 nitrogen and oxygen atoms in total. The van der Waals surface area contributed by atoms with Crippen molar-refractivity contribution >= 4 is 22.5 Å². The molecule has 0 spiro atoms. The standard InChI is InChI=1S/C34H42N6O3/c1-7-33(41)37-28-20-24(21-32-35-13-12-27(36-32)26-23-38(5)29-11-9-8-10-25(26)29)30(42-6)22-31(28)43-19-18-39-14-16-40(17-15-39)34(2,3)4/h7-13,20,22-23H,1,14-19,21H2,2-6H3,(H,37,41). The second kappa shape index (κ2) is 13.0. The lowest BCUT2D eigenvalue weighted by Gasteiger charge is -2.42. The number of methoxy groups -OCH3 is 1. The van der Waals surface area contributed by atoms with E-state index in [-0.39, 0.29) is 11.4 Å². The Morgan fingerprint density at radius 2 is 1.86 bits per heavy atom. The molecule has 1 aliphatic rings. The number of piperazine rings is 1. The highest BCUT2D eigenvalue weighted by Crippen LogP contribution is 2.35. The summed E-state index contributed by atoms with van der Waals surface area (Å²) in [5, 5.41) is 4.05. The molecule has 0 radical (unpaired) electrons. The zero-order valence-electron chi connectivity index (χ0n) is 25.9. The van der Waals surface area contributed by atoms with Crippen LogP contribution in [-0.4, -0.2) is 82.2 Å². The second-order valence-electron chi connectivity index (χ2n) is 11.9. The molecule has 3 heterocycles. The summed E-state index contributed by atoms with van der Waals surface area (Å²) < 4.78 is 14.1. The van der Waals surface area contributed by atoms with E-state index >= 15 is 0 Å². The molecule has 0 unspecified atom stereocenters. The maximum atomic E-state index is 12.3. The molecular weight excluding hydrogens is 540 g/mol. The largest absolute Gasteiger partial charge is 0.496 e. The topological polar surface area (TPSA) is 84.8 Å². The van der Waals surface area contributed by atoms with Crippen LogP contribution in [0.2, 0.25) is 0 Å². The number of anilines is 1. The number of aromatic nitrogens is 3. The summed E-state index contributed by atoms with van der Waals surface area (Å²) in [6.45, 7) is 15.8. The molecule has 2 aromatic carbocycles. The molecule has 1 N–H and O–H groups in total. The van der Waals surface area contributed by atoms with Gasteiger partial charge in [-0.2, -0.15) is 0 Å². The molecule has 0 saturated carbocycles. The molecule has 0 atom stereocenters. The van der Waals surface area contributed by atoms with Crippen molar-refractivity contribution in [2.24, 2.45) is 7.05 Å². The number of carbonyl (C=O) groups excluding carboxylic acids is 1. The number of benzene rings is 2. The van der Waals surface area contributed by atoms with Crippen molar-refractivity contribution in [3.8, 4) is 22.8 Å². The molecule has 0 aliphatic carbocycles. The van der Waals surface area contributed by atoms with Gasteiger partial charge in [-0.25, -0.2) is 9.97 Å². The summed E-state index contributed by atoms with van der Waals surface area (Å²) in [7, 11) is 3.67. The molecule has 4 aromatic rings. The number of ether oxygens (including phenoxy) is 2. The van der Waals surface area contributed by atoms with Gasteiger partial charge in [0, 0.05) is 92.2 Å². The average Bonchev–Trinajstić information content (AvgIpc) is 3.34. The SMILES string of the molecule is C=CC(=O)Nc1cc(Cc2nccc(-c3cn(C)c4ccccc34)n2)c(OC)cc1OCCN1CCN(C(C)(C)C)CC1. The highest BCUT2D eigenvalue weighted by molar-refractivity contribution is 6.00. The summed E-state index contributed by atoms with van der Waals surface area (Å²) in [5.74, 6) is 1.53. The summed E-state index contributed by atoms with van der Waals surface area (Å²) in [5.41, 5.74) is 4.62. The molecule has 1 amide bonds. The van der Waals surface area contributed by atoms with E-state index in [1.165, 1.54) is 6.08 Å². The molecule has 1 aliphatic heterocycles. The zero-order valence-corrected chi connectivity index (χ0v) is 25.9. The van der Waals surface area contributed by atoms with E-state index in [4.69, 9.17) is 14.5 Å². The molecule has 9 heteroatoms. The van der Waals surface area contributed by atoms with Gasteiger partial charge in [-0.1, -0.05) is 24.8 Å². The van der Waals surface area contributed by atoms with Gasteiger partial charge in [0.15, 0.2) is 0 Å². The number of amides is 1. The third-order valence-electron chi connectivity index (χ3n) is 8.04. The number of fused-ring (bicyclic) bond motifs is 1. The van der Waals surface area contributed by atoms with Crippen LogP contribution in [0.15, 0.2) is 67.5 Å². The van der Waals surface area contributed by atoms with E-state index in [0.29, 0.717) is 36.0 Å². The maximum absolute atomic E-state index is 12.3. The summed E-state index contributed by atoms with van der Waals surface area (Å²) in [6, 6.07) is 13.9. The summed E-state index contributed by atoms with van der Waals surface area (Å²) in [4.78, 5) is 26.7. The van der Waals surface area contributed by atoms with Gasteiger partial charge in [0.25, 0.3) is 0 Å². The first-order chi connectivity index (χ1) is 20.7. The number of nitrogens with zero attached hydrogens (tertiary/aromatic N) is 5. The van der Waals surface area contributed by atoms with E-state index in [1.54, 1.807) is 13.3 Å². The van der Waals surface area contributed by atoms with Gasteiger partial charge in [0.1, 0.15) is 23.9 Å². The van der Waals surface area contributed by atoms with Gasteiger partial charge >= 0.3 is 0 Å². The van der Waals surface area contributed by atoms with Crippen molar-refractivity contribution in [2.45, 2.75) is 32.7 Å². The van der Waals surface area contributed by atoms with E-state index in [2.05, 4.69) is 70.3 Å². The first-order valence-electron chi connectivity index (χ1n) is 14.8. The number of nitrogens with one attached hydrogen (secondary N) is 1. The van der Waals surface area contributed by atoms with Crippen LogP contribution < -0.4 is 14.8 Å². The van der Waals surface area contributed by atoms with Crippen molar-refractivity contribution < 1.29 is 14.3 Å². The fraction of sp³-hybridized carbons (Fsp3) is 0.382. The minimum Gasteiger partial charge on any atom is -0.496 e. The van der Waals surface area contributed by atoms with Crippen LogP contribution >= 0.6 is 0 Å². The van der Waals surface area contributed by atoms with Crippen molar-refractivity contribution in [1.82, 2.24) is 24.3 Å². The van der Waals surface area contributed by atoms with Crippen molar-refractivity contribution in [2.75, 3.05) is 51.8 Å². The third kappa shape index (κ3) is 7.06. The Morgan fingerprint density at radius 3 is 2.58 bits per heavy atom. The minimum absolute atomic E-state index is 0.182. The van der Waals surface area contributed by atoms with Crippen molar-refractivity contribution in [1.29, 1.82) is 0 Å². The van der Waals surface area contributed by atoms with E-state index < -0.39 is 0 Å². The van der Waals surface area contributed by atoms with Gasteiger partial charge in [0.05, 0.1) is 18.5 Å². The Hall–Kier alpha value is -4.21. The maximum Gasteiger partial charge on any atom is 0.247 e. The van der Waals surface area contributed by atoms with Crippen LogP contribution in [0, 0.1) is 0 Å². The average molecular weight is 583 g/mol. The highest BCUT2D eigenvalue weighted by Gasteiger charge is 2.25. The van der Waals surface area contributed by atoms with Crippen LogP contribution in [0.1, 0.15) is 32.2 Å². The number of aryl methyl sites for hydroxylation is 1. The summed E-state index contributed by atoms with van der Waals surface area (Å²) >= 11 is 0. The molecule has 1 fully saturated rings. The highest BCUT2D eigenvalue weighted by atomic mass is 16.5. The number of carbonyl (C=O) groups is 1. The van der Waals surface area contributed by atoms with E-state index in [1.807, 2.05) is 37.4 Å². The Balaban J connectivity index is 1.34.